The summed E-state index contributed by atoms with van der Waals surface area (Å²) in [4.78, 5) is 10.1. The Balaban J connectivity index is 3.41. The zero-order valence-corrected chi connectivity index (χ0v) is 6.67. The molecule has 0 fully saturated rings. The Hall–Kier alpha value is -0.820. The van der Waals surface area contributed by atoms with Gasteiger partial charge in [0.05, 0.1) is 0 Å². The van der Waals surface area contributed by atoms with Gasteiger partial charge in [0.25, 0.3) is 0 Å². The van der Waals surface area contributed by atoms with Crippen LogP contribution in [0.1, 0.15) is 6.42 Å². The van der Waals surface area contributed by atoms with E-state index in [0.29, 0.717) is 0 Å². The van der Waals surface area contributed by atoms with Crippen LogP contribution in [0.2, 0.25) is 0 Å². The van der Waals surface area contributed by atoms with Crippen LogP contribution in [0.5, 0.6) is 0 Å². The van der Waals surface area contributed by atoms with Gasteiger partial charge in [-0.1, -0.05) is 0 Å². The lowest BCUT2D eigenvalue weighted by atomic mass is 10.2. The van der Waals surface area contributed by atoms with Crippen molar-refractivity contribution < 1.29 is 27.8 Å². The molecule has 0 rings (SSSR count). The minimum absolute atomic E-state index is 0.134. The van der Waals surface area contributed by atoms with Crippen LogP contribution in [0.3, 0.4) is 0 Å². The van der Waals surface area contributed by atoms with E-state index in [1.165, 1.54) is 0 Å². The molecular formula is C6H10F3NO3. The topological polar surface area (TPSA) is 72.5 Å². The summed E-state index contributed by atoms with van der Waals surface area (Å²) < 4.78 is 38.5. The van der Waals surface area contributed by atoms with E-state index in [1.807, 2.05) is 0 Å². The molecular weight excluding hydrogens is 191 g/mol. The van der Waals surface area contributed by atoms with E-state index in [2.05, 4.69) is 4.74 Å². The molecule has 78 valence electrons. The Kier molecular flexibility index (Phi) is 4.71. The van der Waals surface area contributed by atoms with Crippen LogP contribution in [-0.2, 0) is 9.53 Å². The van der Waals surface area contributed by atoms with Crippen molar-refractivity contribution in [2.24, 2.45) is 5.73 Å². The van der Waals surface area contributed by atoms with Gasteiger partial charge >= 0.3 is 12.1 Å². The summed E-state index contributed by atoms with van der Waals surface area (Å²) in [6, 6.07) is -1.17. The fourth-order valence-electron chi connectivity index (χ4n) is 0.522. The van der Waals surface area contributed by atoms with Crippen LogP contribution in [0, 0.1) is 0 Å². The van der Waals surface area contributed by atoms with E-state index in [4.69, 9.17) is 10.8 Å². The summed E-state index contributed by atoms with van der Waals surface area (Å²) in [5, 5.41) is 8.24. The lowest BCUT2D eigenvalue weighted by molar-refractivity contribution is -0.174. The van der Waals surface area contributed by atoms with E-state index in [1.54, 1.807) is 0 Å². The molecule has 0 saturated carbocycles. The van der Waals surface area contributed by atoms with Gasteiger partial charge in [-0.15, -0.1) is 0 Å². The average molecular weight is 201 g/mol. The van der Waals surface area contributed by atoms with Gasteiger partial charge < -0.3 is 15.6 Å². The maximum atomic E-state index is 11.5. The lowest BCUT2D eigenvalue weighted by Gasteiger charge is -2.08. The second-order valence-electron chi connectivity index (χ2n) is 2.40. The normalized spacial score (nSPS) is 14.2. The van der Waals surface area contributed by atoms with Crippen LogP contribution in [0.4, 0.5) is 13.2 Å². The molecule has 0 aromatic rings. The third-order valence-corrected chi connectivity index (χ3v) is 1.16. The number of hydrogen-bond acceptors (Lipinski definition) is 3. The first-order valence-corrected chi connectivity index (χ1v) is 3.46. The van der Waals surface area contributed by atoms with Crippen molar-refractivity contribution in [1.29, 1.82) is 0 Å². The highest BCUT2D eigenvalue weighted by molar-refractivity contribution is 5.72. The first kappa shape index (κ1) is 12.2. The first-order valence-electron chi connectivity index (χ1n) is 3.46. The number of halogens is 3. The smallest absolute Gasteiger partial charge is 0.411 e. The van der Waals surface area contributed by atoms with Crippen molar-refractivity contribution >= 4 is 5.97 Å². The zero-order valence-electron chi connectivity index (χ0n) is 6.67. The Morgan fingerprint density at radius 3 is 2.46 bits per heavy atom. The first-order chi connectivity index (χ1) is 5.83. The molecule has 1 atom stereocenters. The Morgan fingerprint density at radius 1 is 1.54 bits per heavy atom. The monoisotopic (exact) mass is 201 g/mol. The van der Waals surface area contributed by atoms with Crippen molar-refractivity contribution in [2.75, 3.05) is 13.2 Å². The quantitative estimate of drug-likeness (QED) is 0.630. The highest BCUT2D eigenvalue weighted by Crippen LogP contribution is 2.14. The highest BCUT2D eigenvalue weighted by atomic mass is 19.4. The molecule has 0 bridgehead atoms. The minimum atomic E-state index is -4.38. The molecule has 0 radical (unpaired) electrons. The Labute approximate surface area is 72.5 Å². The number of ether oxygens (including phenoxy) is 1. The van der Waals surface area contributed by atoms with Crippen molar-refractivity contribution in [2.45, 2.75) is 18.6 Å². The largest absolute Gasteiger partial charge is 0.480 e. The van der Waals surface area contributed by atoms with E-state index in [9.17, 15) is 18.0 Å². The molecule has 0 spiro atoms. The molecule has 3 N–H and O–H groups in total. The van der Waals surface area contributed by atoms with Crippen LogP contribution in [0.25, 0.3) is 0 Å². The van der Waals surface area contributed by atoms with Gasteiger partial charge in [0.15, 0.2) is 0 Å². The van der Waals surface area contributed by atoms with Gasteiger partial charge in [0.2, 0.25) is 0 Å². The molecule has 0 aliphatic heterocycles. The second kappa shape index (κ2) is 5.03. The fraction of sp³-hybridized carbons (Fsp3) is 0.833. The summed E-state index contributed by atoms with van der Waals surface area (Å²) in [5.74, 6) is -1.25. The number of aliphatic carboxylic acids is 1. The molecule has 13 heavy (non-hydrogen) atoms. The molecule has 7 heteroatoms. The lowest BCUT2D eigenvalue weighted by Crippen LogP contribution is -2.31. The van der Waals surface area contributed by atoms with E-state index >= 15 is 0 Å². The average Bonchev–Trinajstić information content (AvgIpc) is 1.95. The SMILES string of the molecule is N[C@H](CCOCC(F)(F)F)C(=O)O. The number of carboxylic acids is 1. The van der Waals surface area contributed by atoms with Gasteiger partial charge in [0.1, 0.15) is 12.6 Å². The molecule has 0 heterocycles. The summed E-state index contributed by atoms with van der Waals surface area (Å²) in [7, 11) is 0. The number of nitrogens with two attached hydrogens (primary N) is 1. The minimum Gasteiger partial charge on any atom is -0.480 e. The van der Waals surface area contributed by atoms with Gasteiger partial charge in [-0.2, -0.15) is 13.2 Å². The standard InChI is InChI=1S/C6H10F3NO3/c7-6(8,9)3-13-2-1-4(10)5(11)12/h4H,1-3,10H2,(H,11,12)/t4-/m1/s1. The summed E-state index contributed by atoms with van der Waals surface area (Å²) >= 11 is 0. The van der Waals surface area contributed by atoms with Crippen molar-refractivity contribution in [1.82, 2.24) is 0 Å². The number of carbonyl (C=O) groups is 1. The summed E-state index contributed by atoms with van der Waals surface area (Å²) in [6.45, 7) is -1.69. The van der Waals surface area contributed by atoms with E-state index in [0.717, 1.165) is 0 Å². The summed E-state index contributed by atoms with van der Waals surface area (Å²) in [5.41, 5.74) is 5.01. The molecule has 0 amide bonds. The summed E-state index contributed by atoms with van der Waals surface area (Å²) in [6.07, 6.45) is -4.52. The second-order valence-corrected chi connectivity index (χ2v) is 2.40. The molecule has 0 aliphatic carbocycles. The Bertz CT molecular complexity index is 171. The number of rotatable bonds is 5. The van der Waals surface area contributed by atoms with Crippen LogP contribution < -0.4 is 5.73 Å². The van der Waals surface area contributed by atoms with E-state index < -0.39 is 24.8 Å². The van der Waals surface area contributed by atoms with E-state index in [-0.39, 0.29) is 13.0 Å². The predicted molar refractivity (Wildman–Crippen MR) is 37.1 cm³/mol. The third kappa shape index (κ3) is 7.54. The zero-order chi connectivity index (χ0) is 10.5. The van der Waals surface area contributed by atoms with Gasteiger partial charge in [-0.25, -0.2) is 0 Å². The van der Waals surface area contributed by atoms with Crippen LogP contribution >= 0.6 is 0 Å². The van der Waals surface area contributed by atoms with Gasteiger partial charge in [0, 0.05) is 6.61 Å². The van der Waals surface area contributed by atoms with Crippen molar-refractivity contribution in [3.05, 3.63) is 0 Å². The predicted octanol–water partition coefficient (Wildman–Crippen LogP) is 0.367. The van der Waals surface area contributed by atoms with Crippen molar-refractivity contribution in [3.63, 3.8) is 0 Å². The third-order valence-electron chi connectivity index (χ3n) is 1.16. The fourth-order valence-corrected chi connectivity index (χ4v) is 0.522. The molecule has 0 aliphatic rings. The molecule has 0 unspecified atom stereocenters. The molecule has 0 aromatic carbocycles. The van der Waals surface area contributed by atoms with Crippen LogP contribution in [-0.4, -0.2) is 36.5 Å². The number of hydrogen-bond donors (Lipinski definition) is 2. The number of alkyl halides is 3. The highest BCUT2D eigenvalue weighted by Gasteiger charge is 2.27. The van der Waals surface area contributed by atoms with Crippen LogP contribution in [0.15, 0.2) is 0 Å². The molecule has 4 nitrogen and oxygen atoms in total. The molecule has 0 saturated heterocycles. The Morgan fingerprint density at radius 2 is 2.08 bits per heavy atom. The maximum absolute atomic E-state index is 11.5. The molecule has 0 aromatic heterocycles. The van der Waals surface area contributed by atoms with Crippen molar-refractivity contribution in [3.8, 4) is 0 Å². The maximum Gasteiger partial charge on any atom is 0.411 e. The number of carboxylic acid groups (broad SMARTS) is 1. The van der Waals surface area contributed by atoms with Gasteiger partial charge in [-0.05, 0) is 6.42 Å². The van der Waals surface area contributed by atoms with Gasteiger partial charge in [-0.3, -0.25) is 4.79 Å².